The number of thiophene rings is 1. The van der Waals surface area contributed by atoms with Gasteiger partial charge in [0.05, 0.1) is 4.88 Å². The third-order valence-corrected chi connectivity index (χ3v) is 6.04. The highest BCUT2D eigenvalue weighted by Crippen LogP contribution is 2.21. The van der Waals surface area contributed by atoms with Crippen molar-refractivity contribution in [3.8, 4) is 0 Å². The van der Waals surface area contributed by atoms with Gasteiger partial charge in [-0.25, -0.2) is 13.1 Å². The van der Waals surface area contributed by atoms with Gasteiger partial charge in [0.1, 0.15) is 9.20 Å². The molecule has 0 saturated carbocycles. The van der Waals surface area contributed by atoms with Crippen molar-refractivity contribution in [2.75, 3.05) is 0 Å². The minimum absolute atomic E-state index is 0.170. The average molecular weight is 347 g/mol. The summed E-state index contributed by atoms with van der Waals surface area (Å²) in [6, 6.07) is 10.1. The molecule has 0 aliphatic carbocycles. The van der Waals surface area contributed by atoms with Gasteiger partial charge in [-0.3, -0.25) is 0 Å². The lowest BCUT2D eigenvalue weighted by atomic mass is 10.2. The molecule has 2 aromatic rings. The SMILES string of the molecule is NC(=S)c1ccc(S(=O)(=O)NCc2cccc(Cl)c2)s1. The van der Waals surface area contributed by atoms with Crippen LogP contribution in [0.2, 0.25) is 5.02 Å². The number of sulfonamides is 1. The van der Waals surface area contributed by atoms with E-state index in [0.717, 1.165) is 16.9 Å². The van der Waals surface area contributed by atoms with Crippen molar-refractivity contribution in [3.05, 3.63) is 51.9 Å². The number of rotatable bonds is 5. The Balaban J connectivity index is 2.12. The Bertz CT molecular complexity index is 741. The van der Waals surface area contributed by atoms with Gasteiger partial charge in [-0.15, -0.1) is 11.3 Å². The minimum atomic E-state index is -3.57. The van der Waals surface area contributed by atoms with Crippen LogP contribution in [0.4, 0.5) is 0 Å². The number of halogens is 1. The van der Waals surface area contributed by atoms with Crippen molar-refractivity contribution in [1.82, 2.24) is 4.72 Å². The molecule has 106 valence electrons. The van der Waals surface area contributed by atoms with Gasteiger partial charge in [0.25, 0.3) is 0 Å². The van der Waals surface area contributed by atoms with Crippen molar-refractivity contribution >= 4 is 50.2 Å². The van der Waals surface area contributed by atoms with Gasteiger partial charge < -0.3 is 5.73 Å². The van der Waals surface area contributed by atoms with Crippen LogP contribution >= 0.6 is 35.2 Å². The monoisotopic (exact) mass is 346 g/mol. The Morgan fingerprint density at radius 2 is 2.10 bits per heavy atom. The van der Waals surface area contributed by atoms with E-state index < -0.39 is 10.0 Å². The molecule has 0 amide bonds. The molecule has 0 unspecified atom stereocenters. The number of hydrogen-bond donors (Lipinski definition) is 2. The summed E-state index contributed by atoms with van der Waals surface area (Å²) in [7, 11) is -3.57. The predicted octanol–water partition coefficient (Wildman–Crippen LogP) is 2.51. The lowest BCUT2D eigenvalue weighted by molar-refractivity contribution is 0.583. The van der Waals surface area contributed by atoms with E-state index in [1.54, 1.807) is 30.3 Å². The van der Waals surface area contributed by atoms with Crippen LogP contribution in [0.5, 0.6) is 0 Å². The van der Waals surface area contributed by atoms with Gasteiger partial charge in [-0.05, 0) is 29.8 Å². The maximum atomic E-state index is 12.1. The van der Waals surface area contributed by atoms with Crippen molar-refractivity contribution < 1.29 is 8.42 Å². The van der Waals surface area contributed by atoms with Gasteiger partial charge in [-0.1, -0.05) is 36.0 Å². The summed E-state index contributed by atoms with van der Waals surface area (Å²) in [6.45, 7) is 0.170. The van der Waals surface area contributed by atoms with Gasteiger partial charge in [0, 0.05) is 11.6 Å². The number of thiocarbonyl (C=S) groups is 1. The fourth-order valence-electron chi connectivity index (χ4n) is 1.49. The van der Waals surface area contributed by atoms with E-state index in [1.807, 2.05) is 0 Å². The van der Waals surface area contributed by atoms with E-state index in [2.05, 4.69) is 4.72 Å². The molecule has 0 aliphatic heterocycles. The summed E-state index contributed by atoms with van der Waals surface area (Å²) in [4.78, 5) is 0.759. The van der Waals surface area contributed by atoms with E-state index in [9.17, 15) is 8.42 Å². The van der Waals surface area contributed by atoms with Crippen LogP contribution in [0.1, 0.15) is 10.4 Å². The van der Waals surface area contributed by atoms with Crippen LogP contribution in [0, 0.1) is 0 Å². The third kappa shape index (κ3) is 3.77. The van der Waals surface area contributed by atoms with Crippen LogP contribution < -0.4 is 10.5 Å². The Kier molecular flexibility index (Phi) is 4.77. The van der Waals surface area contributed by atoms with E-state index in [1.165, 1.54) is 6.07 Å². The third-order valence-electron chi connectivity index (χ3n) is 2.44. The zero-order chi connectivity index (χ0) is 14.8. The second kappa shape index (κ2) is 6.19. The zero-order valence-corrected chi connectivity index (χ0v) is 13.4. The number of benzene rings is 1. The quantitative estimate of drug-likeness (QED) is 0.816. The summed E-state index contributed by atoms with van der Waals surface area (Å²) in [5.74, 6) is 0. The molecule has 0 radical (unpaired) electrons. The van der Waals surface area contributed by atoms with Crippen molar-refractivity contribution in [2.45, 2.75) is 10.8 Å². The lowest BCUT2D eigenvalue weighted by Gasteiger charge is -2.05. The van der Waals surface area contributed by atoms with E-state index >= 15 is 0 Å². The van der Waals surface area contributed by atoms with Crippen LogP contribution in [-0.4, -0.2) is 13.4 Å². The molecule has 2 rings (SSSR count). The number of nitrogens with one attached hydrogen (secondary N) is 1. The largest absolute Gasteiger partial charge is 0.389 e. The summed E-state index contributed by atoms with van der Waals surface area (Å²) < 4.78 is 26.9. The van der Waals surface area contributed by atoms with Gasteiger partial charge >= 0.3 is 0 Å². The molecule has 0 fully saturated rings. The number of nitrogens with two attached hydrogens (primary N) is 1. The molecular weight excluding hydrogens is 336 g/mol. The van der Waals surface area contributed by atoms with E-state index in [4.69, 9.17) is 29.6 Å². The molecule has 1 heterocycles. The normalized spacial score (nSPS) is 11.4. The van der Waals surface area contributed by atoms with E-state index in [0.29, 0.717) is 9.90 Å². The Morgan fingerprint density at radius 1 is 1.35 bits per heavy atom. The van der Waals surface area contributed by atoms with Crippen molar-refractivity contribution in [1.29, 1.82) is 0 Å². The highest BCUT2D eigenvalue weighted by atomic mass is 35.5. The topological polar surface area (TPSA) is 72.2 Å². The Morgan fingerprint density at radius 3 is 2.70 bits per heavy atom. The van der Waals surface area contributed by atoms with E-state index in [-0.39, 0.29) is 15.7 Å². The molecule has 3 N–H and O–H groups in total. The molecule has 4 nitrogen and oxygen atoms in total. The summed E-state index contributed by atoms with van der Waals surface area (Å²) in [5.41, 5.74) is 6.25. The first-order chi connectivity index (χ1) is 9.38. The molecule has 1 aromatic carbocycles. The molecule has 0 spiro atoms. The van der Waals surface area contributed by atoms with Gasteiger partial charge in [0.2, 0.25) is 10.0 Å². The molecule has 20 heavy (non-hydrogen) atoms. The minimum Gasteiger partial charge on any atom is -0.389 e. The highest BCUT2D eigenvalue weighted by molar-refractivity contribution is 7.91. The molecule has 0 atom stereocenters. The second-order valence-corrected chi connectivity index (χ2v) is 7.89. The summed E-state index contributed by atoms with van der Waals surface area (Å²) >= 11 is 11.7. The molecule has 8 heteroatoms. The van der Waals surface area contributed by atoms with Gasteiger partial charge in [0.15, 0.2) is 0 Å². The summed E-state index contributed by atoms with van der Waals surface area (Å²) in [6.07, 6.45) is 0. The molecule has 1 aromatic heterocycles. The highest BCUT2D eigenvalue weighted by Gasteiger charge is 2.17. The fraction of sp³-hybridized carbons (Fsp3) is 0.0833. The first-order valence-corrected chi connectivity index (χ1v) is 8.61. The van der Waals surface area contributed by atoms with Gasteiger partial charge in [-0.2, -0.15) is 0 Å². The fourth-order valence-corrected chi connectivity index (χ4v) is 4.12. The summed E-state index contributed by atoms with van der Waals surface area (Å²) in [5, 5.41) is 0.564. The maximum absolute atomic E-state index is 12.1. The Labute approximate surface area is 131 Å². The van der Waals surface area contributed by atoms with Crippen LogP contribution in [0.15, 0.2) is 40.6 Å². The van der Waals surface area contributed by atoms with Crippen molar-refractivity contribution in [3.63, 3.8) is 0 Å². The lowest BCUT2D eigenvalue weighted by Crippen LogP contribution is -2.22. The smallest absolute Gasteiger partial charge is 0.250 e. The van der Waals surface area contributed by atoms with Crippen LogP contribution in [0.25, 0.3) is 0 Å². The maximum Gasteiger partial charge on any atom is 0.250 e. The molecular formula is C12H11ClN2O2S3. The Hall–Kier alpha value is -0.990. The first-order valence-electron chi connectivity index (χ1n) is 5.52. The predicted molar refractivity (Wildman–Crippen MR) is 85.7 cm³/mol. The molecule has 0 bridgehead atoms. The first kappa shape index (κ1) is 15.4. The molecule has 0 aliphatic rings. The zero-order valence-electron chi connectivity index (χ0n) is 10.2. The van der Waals surface area contributed by atoms with Crippen LogP contribution in [-0.2, 0) is 16.6 Å². The number of hydrogen-bond acceptors (Lipinski definition) is 4. The van der Waals surface area contributed by atoms with Crippen molar-refractivity contribution in [2.24, 2.45) is 5.73 Å². The standard InChI is InChI=1S/C12H11ClN2O2S3/c13-9-3-1-2-8(6-9)7-15-20(16,17)11-5-4-10(19-11)12(14)18/h1-6,15H,7H2,(H2,14,18). The van der Waals surface area contributed by atoms with Crippen LogP contribution in [0.3, 0.4) is 0 Å². The average Bonchev–Trinajstić information content (AvgIpc) is 2.87. The second-order valence-electron chi connectivity index (χ2n) is 3.94. The molecule has 0 saturated heterocycles.